The minimum atomic E-state index is -0.0231. The molecule has 4 nitrogen and oxygen atoms in total. The Morgan fingerprint density at radius 2 is 2.40 bits per heavy atom. The lowest BCUT2D eigenvalue weighted by atomic mass is 10.1. The van der Waals surface area contributed by atoms with E-state index in [4.69, 9.17) is 21.1 Å². The van der Waals surface area contributed by atoms with Crippen LogP contribution in [0, 0.1) is 0 Å². The largest absolute Gasteiger partial charge is 0.497 e. The molecule has 0 spiro atoms. The average molecular weight is 298 g/mol. The van der Waals surface area contributed by atoms with Crippen molar-refractivity contribution >= 4 is 17.5 Å². The predicted molar refractivity (Wildman–Crippen MR) is 78.4 cm³/mol. The Labute approximate surface area is 124 Å². The number of hydrogen-bond acceptors (Lipinski definition) is 3. The van der Waals surface area contributed by atoms with E-state index in [-0.39, 0.29) is 17.8 Å². The van der Waals surface area contributed by atoms with Crippen LogP contribution in [-0.2, 0) is 16.0 Å². The summed E-state index contributed by atoms with van der Waals surface area (Å²) in [6, 6.07) is 8.06. The number of halogens is 1. The molecular weight excluding hydrogens is 278 g/mol. The van der Waals surface area contributed by atoms with Crippen LogP contribution in [0.3, 0.4) is 0 Å². The van der Waals surface area contributed by atoms with Gasteiger partial charge < -0.3 is 14.4 Å². The number of hydrogen-bond donors (Lipinski definition) is 0. The van der Waals surface area contributed by atoms with Gasteiger partial charge in [0.2, 0.25) is 5.91 Å². The Balaban J connectivity index is 1.98. The molecule has 0 aliphatic carbocycles. The van der Waals surface area contributed by atoms with E-state index in [1.807, 2.05) is 29.2 Å². The van der Waals surface area contributed by atoms with E-state index in [9.17, 15) is 4.79 Å². The molecule has 1 heterocycles. The summed E-state index contributed by atoms with van der Waals surface area (Å²) in [6.45, 7) is 1.99. The smallest absolute Gasteiger partial charge is 0.237 e. The lowest BCUT2D eigenvalue weighted by Gasteiger charge is -2.27. The van der Waals surface area contributed by atoms with Crippen LogP contribution in [0.25, 0.3) is 0 Å². The molecule has 1 aliphatic rings. The quantitative estimate of drug-likeness (QED) is 0.755. The van der Waals surface area contributed by atoms with Gasteiger partial charge >= 0.3 is 0 Å². The van der Waals surface area contributed by atoms with Crippen LogP contribution in [-0.4, -0.2) is 49.6 Å². The fraction of sp³-hybridized carbons (Fsp3) is 0.533. The van der Waals surface area contributed by atoms with Gasteiger partial charge in [-0.2, -0.15) is 0 Å². The zero-order chi connectivity index (χ0) is 14.4. The van der Waals surface area contributed by atoms with Crippen LogP contribution in [0.4, 0.5) is 0 Å². The van der Waals surface area contributed by atoms with Crippen LogP contribution >= 0.6 is 11.6 Å². The van der Waals surface area contributed by atoms with Gasteiger partial charge in [0.1, 0.15) is 11.6 Å². The van der Waals surface area contributed by atoms with Gasteiger partial charge in [0.25, 0.3) is 0 Å². The SMILES string of the molecule is COc1cccc(CCN(C(=O)CCl)C2CCOC2)c1. The van der Waals surface area contributed by atoms with E-state index < -0.39 is 0 Å². The minimum absolute atomic E-state index is 0.0224. The van der Waals surface area contributed by atoms with Gasteiger partial charge in [-0.1, -0.05) is 12.1 Å². The molecule has 0 radical (unpaired) electrons. The van der Waals surface area contributed by atoms with E-state index >= 15 is 0 Å². The molecule has 0 bridgehead atoms. The second kappa shape index (κ2) is 7.50. The van der Waals surface area contributed by atoms with Gasteiger partial charge in [-0.15, -0.1) is 11.6 Å². The minimum Gasteiger partial charge on any atom is -0.497 e. The number of alkyl halides is 1. The number of ether oxygens (including phenoxy) is 2. The van der Waals surface area contributed by atoms with Crippen LogP contribution in [0.2, 0.25) is 0 Å². The number of benzene rings is 1. The molecule has 110 valence electrons. The number of methoxy groups -OCH3 is 1. The maximum absolute atomic E-state index is 12.0. The van der Waals surface area contributed by atoms with Crippen molar-refractivity contribution < 1.29 is 14.3 Å². The molecule has 0 saturated carbocycles. The number of carbonyl (C=O) groups excluding carboxylic acids is 1. The lowest BCUT2D eigenvalue weighted by molar-refractivity contribution is -0.130. The highest BCUT2D eigenvalue weighted by Crippen LogP contribution is 2.16. The third-order valence-corrected chi connectivity index (χ3v) is 3.79. The first-order valence-electron chi connectivity index (χ1n) is 6.80. The van der Waals surface area contributed by atoms with Gasteiger partial charge in [-0.05, 0) is 30.5 Å². The fourth-order valence-corrected chi connectivity index (χ4v) is 2.59. The summed E-state index contributed by atoms with van der Waals surface area (Å²) in [5.74, 6) is 0.834. The lowest BCUT2D eigenvalue weighted by Crippen LogP contribution is -2.42. The molecule has 20 heavy (non-hydrogen) atoms. The highest BCUT2D eigenvalue weighted by Gasteiger charge is 2.26. The first-order chi connectivity index (χ1) is 9.74. The van der Waals surface area contributed by atoms with Crippen LogP contribution < -0.4 is 4.74 Å². The van der Waals surface area contributed by atoms with Crippen LogP contribution in [0.15, 0.2) is 24.3 Å². The maximum atomic E-state index is 12.0. The summed E-state index contributed by atoms with van der Waals surface area (Å²) < 4.78 is 10.6. The molecular formula is C15H20ClNO3. The molecule has 0 N–H and O–H groups in total. The van der Waals surface area contributed by atoms with E-state index in [0.29, 0.717) is 13.2 Å². The van der Waals surface area contributed by atoms with E-state index in [2.05, 4.69) is 0 Å². The van der Waals surface area contributed by atoms with Crippen molar-refractivity contribution in [3.05, 3.63) is 29.8 Å². The molecule has 1 aromatic carbocycles. The summed E-state index contributed by atoms with van der Waals surface area (Å²) in [5.41, 5.74) is 1.15. The summed E-state index contributed by atoms with van der Waals surface area (Å²) in [5, 5.41) is 0. The molecule has 1 saturated heterocycles. The van der Waals surface area contributed by atoms with E-state index in [0.717, 1.165) is 30.8 Å². The Morgan fingerprint density at radius 3 is 3.05 bits per heavy atom. The Hall–Kier alpha value is -1.26. The van der Waals surface area contributed by atoms with Crippen molar-refractivity contribution in [3.8, 4) is 5.75 Å². The Bertz CT molecular complexity index is 446. The molecule has 1 amide bonds. The summed E-state index contributed by atoms with van der Waals surface area (Å²) in [6.07, 6.45) is 1.68. The zero-order valence-electron chi connectivity index (χ0n) is 11.7. The number of rotatable bonds is 6. The molecule has 1 aliphatic heterocycles. The van der Waals surface area contributed by atoms with Gasteiger partial charge in [-0.25, -0.2) is 0 Å². The van der Waals surface area contributed by atoms with E-state index in [1.54, 1.807) is 7.11 Å². The predicted octanol–water partition coefficient (Wildman–Crippen LogP) is 2.09. The molecule has 1 aromatic rings. The first-order valence-corrected chi connectivity index (χ1v) is 7.34. The highest BCUT2D eigenvalue weighted by atomic mass is 35.5. The van der Waals surface area contributed by atoms with Crippen molar-refractivity contribution in [2.24, 2.45) is 0 Å². The van der Waals surface area contributed by atoms with Gasteiger partial charge in [0, 0.05) is 13.2 Å². The first kappa shape index (κ1) is 15.1. The topological polar surface area (TPSA) is 38.8 Å². The third-order valence-electron chi connectivity index (χ3n) is 3.56. The molecule has 1 fully saturated rings. The number of nitrogens with zero attached hydrogens (tertiary/aromatic N) is 1. The van der Waals surface area contributed by atoms with Gasteiger partial charge in [-0.3, -0.25) is 4.79 Å². The Morgan fingerprint density at radius 1 is 1.55 bits per heavy atom. The molecule has 5 heteroatoms. The van der Waals surface area contributed by atoms with Crippen LogP contribution in [0.1, 0.15) is 12.0 Å². The average Bonchev–Trinajstić information content (AvgIpc) is 3.01. The fourth-order valence-electron chi connectivity index (χ4n) is 2.43. The standard InChI is InChI=1S/C15H20ClNO3/c1-19-14-4-2-3-12(9-14)5-7-17(15(18)10-16)13-6-8-20-11-13/h2-4,9,13H,5-8,10-11H2,1H3. The summed E-state index contributed by atoms with van der Waals surface area (Å²) >= 11 is 5.70. The second-order valence-electron chi connectivity index (χ2n) is 4.84. The zero-order valence-corrected chi connectivity index (χ0v) is 12.4. The maximum Gasteiger partial charge on any atom is 0.237 e. The molecule has 2 rings (SSSR count). The molecule has 1 unspecified atom stereocenters. The third kappa shape index (κ3) is 3.87. The summed E-state index contributed by atoms with van der Waals surface area (Å²) in [7, 11) is 1.65. The van der Waals surface area contributed by atoms with Crippen molar-refractivity contribution in [1.82, 2.24) is 4.90 Å². The van der Waals surface area contributed by atoms with Crippen molar-refractivity contribution in [2.75, 3.05) is 32.7 Å². The van der Waals surface area contributed by atoms with Crippen LogP contribution in [0.5, 0.6) is 5.75 Å². The second-order valence-corrected chi connectivity index (χ2v) is 5.11. The van der Waals surface area contributed by atoms with Crippen molar-refractivity contribution in [3.63, 3.8) is 0 Å². The molecule has 1 atom stereocenters. The Kier molecular flexibility index (Phi) is 5.68. The summed E-state index contributed by atoms with van der Waals surface area (Å²) in [4.78, 5) is 13.8. The van der Waals surface area contributed by atoms with E-state index in [1.165, 1.54) is 0 Å². The van der Waals surface area contributed by atoms with Gasteiger partial charge in [0.15, 0.2) is 0 Å². The van der Waals surface area contributed by atoms with Gasteiger partial charge in [0.05, 0.1) is 19.8 Å². The number of amides is 1. The molecule has 0 aromatic heterocycles. The van der Waals surface area contributed by atoms with Crippen molar-refractivity contribution in [1.29, 1.82) is 0 Å². The highest BCUT2D eigenvalue weighted by molar-refractivity contribution is 6.27. The monoisotopic (exact) mass is 297 g/mol. The van der Waals surface area contributed by atoms with Crippen molar-refractivity contribution in [2.45, 2.75) is 18.9 Å². The number of carbonyl (C=O) groups is 1. The normalized spacial score (nSPS) is 18.0.